The Hall–Kier alpha value is -3.07. The fourth-order valence-electron chi connectivity index (χ4n) is 2.75. The maximum atomic E-state index is 12.3. The Morgan fingerprint density at radius 1 is 1.14 bits per heavy atom. The number of anilines is 1. The monoisotopic (exact) mass is 397 g/mol. The van der Waals surface area contributed by atoms with Crippen LogP contribution in [0.4, 0.5) is 5.69 Å². The Morgan fingerprint density at radius 3 is 2.71 bits per heavy atom. The number of tetrazole rings is 1. The Morgan fingerprint density at radius 2 is 1.93 bits per heavy atom. The Kier molecular flexibility index (Phi) is 5.43. The summed E-state index contributed by atoms with van der Waals surface area (Å²) in [6, 6.07) is 13.4. The number of hydrogen-bond donors (Lipinski definition) is 1. The van der Waals surface area contributed by atoms with E-state index in [2.05, 4.69) is 27.8 Å². The van der Waals surface area contributed by atoms with Crippen LogP contribution in [-0.4, -0.2) is 45.1 Å². The van der Waals surface area contributed by atoms with E-state index in [1.54, 1.807) is 22.9 Å². The Bertz CT molecular complexity index is 974. The van der Waals surface area contributed by atoms with Gasteiger partial charge in [0.1, 0.15) is 13.2 Å². The van der Waals surface area contributed by atoms with Gasteiger partial charge in [-0.05, 0) is 46.7 Å². The van der Waals surface area contributed by atoms with Crippen molar-refractivity contribution >= 4 is 23.4 Å². The van der Waals surface area contributed by atoms with Gasteiger partial charge in [0.2, 0.25) is 11.1 Å². The number of benzene rings is 2. The van der Waals surface area contributed by atoms with Crippen LogP contribution in [0.25, 0.3) is 5.69 Å². The highest BCUT2D eigenvalue weighted by atomic mass is 32.2. The number of carbonyl (C=O) groups is 1. The summed E-state index contributed by atoms with van der Waals surface area (Å²) in [7, 11) is 0. The van der Waals surface area contributed by atoms with Gasteiger partial charge in [-0.2, -0.15) is 4.68 Å². The van der Waals surface area contributed by atoms with Crippen molar-refractivity contribution in [3.63, 3.8) is 0 Å². The topological polar surface area (TPSA) is 91.2 Å². The van der Waals surface area contributed by atoms with Crippen LogP contribution in [0.2, 0.25) is 0 Å². The number of rotatable bonds is 6. The standard InChI is InChI=1S/C19H19N5O3S/c1-2-13-3-6-15(7-4-13)24-19(21-22-23-24)28-12-18(25)20-14-5-8-16-17(11-14)27-10-9-26-16/h3-8,11H,2,9-10,12H2,1H3,(H,20,25). The molecule has 2 heterocycles. The second-order valence-corrected chi connectivity index (χ2v) is 7.03. The number of nitrogens with one attached hydrogen (secondary N) is 1. The number of thioether (sulfide) groups is 1. The van der Waals surface area contributed by atoms with E-state index < -0.39 is 0 Å². The van der Waals surface area contributed by atoms with Crippen LogP contribution in [0, 0.1) is 0 Å². The van der Waals surface area contributed by atoms with Gasteiger partial charge >= 0.3 is 0 Å². The maximum Gasteiger partial charge on any atom is 0.234 e. The van der Waals surface area contributed by atoms with Crippen molar-refractivity contribution < 1.29 is 14.3 Å². The predicted octanol–water partition coefficient (Wildman–Crippen LogP) is 2.73. The van der Waals surface area contributed by atoms with Crippen molar-refractivity contribution in [2.75, 3.05) is 24.3 Å². The molecular weight excluding hydrogens is 378 g/mol. The van der Waals surface area contributed by atoms with Gasteiger partial charge < -0.3 is 14.8 Å². The molecule has 1 amide bonds. The lowest BCUT2D eigenvalue weighted by atomic mass is 10.1. The van der Waals surface area contributed by atoms with Crippen LogP contribution < -0.4 is 14.8 Å². The highest BCUT2D eigenvalue weighted by molar-refractivity contribution is 7.99. The summed E-state index contributed by atoms with van der Waals surface area (Å²) in [6.45, 7) is 3.14. The number of carbonyl (C=O) groups excluding carboxylic acids is 1. The third-order valence-electron chi connectivity index (χ3n) is 4.19. The largest absolute Gasteiger partial charge is 0.486 e. The molecule has 28 heavy (non-hydrogen) atoms. The van der Waals surface area contributed by atoms with Crippen molar-refractivity contribution in [1.82, 2.24) is 20.2 Å². The van der Waals surface area contributed by atoms with Crippen molar-refractivity contribution in [2.24, 2.45) is 0 Å². The molecule has 1 aliphatic rings. The summed E-state index contributed by atoms with van der Waals surface area (Å²) in [6.07, 6.45) is 0.970. The van der Waals surface area contributed by atoms with Gasteiger partial charge in [-0.15, -0.1) is 5.10 Å². The molecule has 0 saturated heterocycles. The smallest absolute Gasteiger partial charge is 0.234 e. The predicted molar refractivity (Wildman–Crippen MR) is 105 cm³/mol. The first-order valence-electron chi connectivity index (χ1n) is 8.93. The summed E-state index contributed by atoms with van der Waals surface area (Å²) >= 11 is 1.27. The summed E-state index contributed by atoms with van der Waals surface area (Å²) in [4.78, 5) is 12.3. The molecule has 0 saturated carbocycles. The third-order valence-corrected chi connectivity index (χ3v) is 5.11. The molecule has 0 atom stereocenters. The molecule has 9 heteroatoms. The van der Waals surface area contributed by atoms with E-state index in [1.807, 2.05) is 24.3 Å². The highest BCUT2D eigenvalue weighted by Crippen LogP contribution is 2.32. The summed E-state index contributed by atoms with van der Waals surface area (Å²) in [5.41, 5.74) is 2.76. The van der Waals surface area contributed by atoms with Crippen LogP contribution in [0.3, 0.4) is 0 Å². The van der Waals surface area contributed by atoms with E-state index in [0.717, 1.165) is 12.1 Å². The van der Waals surface area contributed by atoms with Gasteiger partial charge in [0.25, 0.3) is 0 Å². The summed E-state index contributed by atoms with van der Waals surface area (Å²) < 4.78 is 12.6. The zero-order chi connectivity index (χ0) is 19.3. The Labute approximate surface area is 166 Å². The number of ether oxygens (including phenoxy) is 2. The van der Waals surface area contributed by atoms with E-state index in [0.29, 0.717) is 35.6 Å². The zero-order valence-corrected chi connectivity index (χ0v) is 16.1. The van der Waals surface area contributed by atoms with Gasteiger partial charge in [-0.1, -0.05) is 30.8 Å². The molecule has 0 aliphatic carbocycles. The van der Waals surface area contributed by atoms with E-state index in [1.165, 1.54) is 17.3 Å². The quantitative estimate of drug-likeness (QED) is 0.640. The van der Waals surface area contributed by atoms with E-state index in [4.69, 9.17) is 9.47 Å². The molecule has 1 aromatic heterocycles. The first-order valence-corrected chi connectivity index (χ1v) is 9.91. The molecule has 2 aromatic carbocycles. The van der Waals surface area contributed by atoms with E-state index in [-0.39, 0.29) is 11.7 Å². The normalized spacial score (nSPS) is 12.6. The second-order valence-electron chi connectivity index (χ2n) is 6.09. The van der Waals surface area contributed by atoms with Crippen LogP contribution in [-0.2, 0) is 11.2 Å². The van der Waals surface area contributed by atoms with Crippen LogP contribution in [0.1, 0.15) is 12.5 Å². The van der Waals surface area contributed by atoms with Crippen LogP contribution in [0.15, 0.2) is 47.6 Å². The van der Waals surface area contributed by atoms with Crippen molar-refractivity contribution in [2.45, 2.75) is 18.5 Å². The number of aryl methyl sites for hydroxylation is 1. The fraction of sp³-hybridized carbons (Fsp3) is 0.263. The van der Waals surface area contributed by atoms with Gasteiger partial charge in [-0.25, -0.2) is 0 Å². The molecular formula is C19H19N5O3S. The van der Waals surface area contributed by atoms with E-state index in [9.17, 15) is 4.79 Å². The van der Waals surface area contributed by atoms with Crippen LogP contribution in [0.5, 0.6) is 11.5 Å². The number of nitrogens with zero attached hydrogens (tertiary/aromatic N) is 4. The molecule has 0 bridgehead atoms. The van der Waals surface area contributed by atoms with Crippen LogP contribution >= 0.6 is 11.8 Å². The summed E-state index contributed by atoms with van der Waals surface area (Å²) in [5.74, 6) is 1.35. The molecule has 144 valence electrons. The van der Waals surface area contributed by atoms with Gasteiger partial charge in [0.05, 0.1) is 11.4 Å². The first kappa shape index (κ1) is 18.3. The summed E-state index contributed by atoms with van der Waals surface area (Å²) in [5, 5.41) is 15.2. The highest BCUT2D eigenvalue weighted by Gasteiger charge is 2.14. The van der Waals surface area contributed by atoms with Crippen molar-refractivity contribution in [3.05, 3.63) is 48.0 Å². The lowest BCUT2D eigenvalue weighted by Crippen LogP contribution is -2.17. The second kappa shape index (κ2) is 8.30. The maximum absolute atomic E-state index is 12.3. The van der Waals surface area contributed by atoms with Crippen molar-refractivity contribution in [3.8, 4) is 17.2 Å². The minimum atomic E-state index is -0.155. The van der Waals surface area contributed by atoms with E-state index >= 15 is 0 Å². The van der Waals surface area contributed by atoms with Gasteiger partial charge in [-0.3, -0.25) is 4.79 Å². The van der Waals surface area contributed by atoms with Gasteiger partial charge in [0, 0.05) is 11.8 Å². The number of aromatic nitrogens is 4. The molecule has 0 radical (unpaired) electrons. The third kappa shape index (κ3) is 4.09. The molecule has 3 aromatic rings. The van der Waals surface area contributed by atoms with Gasteiger partial charge in [0.15, 0.2) is 11.5 Å². The lowest BCUT2D eigenvalue weighted by molar-refractivity contribution is -0.113. The average Bonchev–Trinajstić information content (AvgIpc) is 3.21. The Balaban J connectivity index is 1.38. The molecule has 4 rings (SSSR count). The van der Waals surface area contributed by atoms with Crippen molar-refractivity contribution in [1.29, 1.82) is 0 Å². The molecule has 1 aliphatic heterocycles. The number of hydrogen-bond acceptors (Lipinski definition) is 7. The number of fused-ring (bicyclic) bond motifs is 1. The molecule has 1 N–H and O–H groups in total. The average molecular weight is 397 g/mol. The lowest BCUT2D eigenvalue weighted by Gasteiger charge is -2.18. The molecule has 8 nitrogen and oxygen atoms in total. The SMILES string of the molecule is CCc1ccc(-n2nnnc2SCC(=O)Nc2ccc3c(c2)OCCO3)cc1. The molecule has 0 spiro atoms. The minimum absolute atomic E-state index is 0.155. The molecule has 0 fully saturated rings. The zero-order valence-electron chi connectivity index (χ0n) is 15.3. The number of amides is 1. The minimum Gasteiger partial charge on any atom is -0.486 e. The first-order chi connectivity index (χ1) is 13.7. The fourth-order valence-corrected chi connectivity index (χ4v) is 3.44. The molecule has 0 unspecified atom stereocenters.